The summed E-state index contributed by atoms with van der Waals surface area (Å²) in [6.07, 6.45) is -4.38. The molecule has 0 saturated carbocycles. The fourth-order valence-electron chi connectivity index (χ4n) is 4.05. The predicted octanol–water partition coefficient (Wildman–Crippen LogP) is 6.95. The van der Waals surface area contributed by atoms with Gasteiger partial charge in [-0.25, -0.2) is 0 Å². The number of hydrogen-bond donors (Lipinski definition) is 0. The number of alkyl halides is 3. The monoisotopic (exact) mass is 537 g/mol. The molecule has 1 heterocycles. The fourth-order valence-corrected chi connectivity index (χ4v) is 4.56. The lowest BCUT2D eigenvalue weighted by molar-refractivity contribution is -0.137. The van der Waals surface area contributed by atoms with E-state index in [-0.39, 0.29) is 26.2 Å². The first kappa shape index (κ1) is 27.3. The molecule has 5 nitrogen and oxygen atoms in total. The van der Waals surface area contributed by atoms with Gasteiger partial charge in [-0.2, -0.15) is 21.6 Å². The van der Waals surface area contributed by atoms with Gasteiger partial charge in [0.2, 0.25) is 16.2 Å². The minimum Gasteiger partial charge on any atom is -0.457 e. The Kier molecular flexibility index (Phi) is 8.47. The summed E-state index contributed by atoms with van der Waals surface area (Å²) in [6.45, 7) is 0. The van der Waals surface area contributed by atoms with E-state index in [1.54, 1.807) is 48.5 Å². The fraction of sp³-hybridized carbons (Fsp3) is 0.231. The third kappa shape index (κ3) is 6.27. The standard InChI is InChI=1S/C25H19ClF3NO4S.CH4/c26-19-4-8-21(9-5-19)34-22-10-6-20(7-11-22)30-23(15-17(24(30)31)12-13-35(32)33)16-2-1-3-18(14-16)25(27,28)29;/h1-11,13-14,17,23H,12,15H2;1H4/t17-,23-;/m1./s1. The minimum atomic E-state index is -4.53. The highest BCUT2D eigenvalue weighted by Gasteiger charge is 2.41. The van der Waals surface area contributed by atoms with E-state index < -0.39 is 34.0 Å². The summed E-state index contributed by atoms with van der Waals surface area (Å²) in [4.78, 5) is 14.7. The molecule has 0 spiro atoms. The molecule has 1 saturated heterocycles. The first-order chi connectivity index (χ1) is 16.6. The highest BCUT2D eigenvalue weighted by molar-refractivity contribution is 7.71. The van der Waals surface area contributed by atoms with Gasteiger partial charge in [-0.3, -0.25) is 4.79 Å². The van der Waals surface area contributed by atoms with Crippen LogP contribution in [-0.4, -0.2) is 19.7 Å². The second kappa shape index (κ2) is 11.2. The zero-order chi connectivity index (χ0) is 25.2. The zero-order valence-corrected chi connectivity index (χ0v) is 19.6. The predicted molar refractivity (Wildman–Crippen MR) is 134 cm³/mol. The number of rotatable bonds is 6. The molecular formula is C26H23ClF3NO4S. The van der Waals surface area contributed by atoms with Crippen LogP contribution in [0.2, 0.25) is 5.02 Å². The number of carbonyl (C=O) groups excluding carboxylic acids is 1. The van der Waals surface area contributed by atoms with Crippen molar-refractivity contribution in [2.45, 2.75) is 32.5 Å². The molecule has 1 amide bonds. The molecule has 4 rings (SSSR count). The molecule has 10 heteroatoms. The van der Waals surface area contributed by atoms with E-state index in [4.69, 9.17) is 16.3 Å². The van der Waals surface area contributed by atoms with Crippen molar-refractivity contribution in [2.75, 3.05) is 4.90 Å². The normalized spacial score (nSPS) is 17.4. The van der Waals surface area contributed by atoms with Crippen molar-refractivity contribution >= 4 is 38.9 Å². The summed E-state index contributed by atoms with van der Waals surface area (Å²) >= 11 is 5.88. The van der Waals surface area contributed by atoms with Gasteiger partial charge in [0.15, 0.2) is 0 Å². The van der Waals surface area contributed by atoms with Gasteiger partial charge in [0.1, 0.15) is 11.5 Å². The lowest BCUT2D eigenvalue weighted by atomic mass is 9.96. The number of benzene rings is 3. The second-order valence-corrected chi connectivity index (χ2v) is 9.28. The Morgan fingerprint density at radius 2 is 1.61 bits per heavy atom. The number of amides is 1. The third-order valence-electron chi connectivity index (χ3n) is 5.69. The first-order valence-electron chi connectivity index (χ1n) is 10.6. The summed E-state index contributed by atoms with van der Waals surface area (Å²) in [5.41, 5.74) is -0.0307. The Labute approximate surface area is 213 Å². The van der Waals surface area contributed by atoms with Crippen LogP contribution in [0.4, 0.5) is 18.9 Å². The summed E-state index contributed by atoms with van der Waals surface area (Å²) in [5.74, 6) is 0.00495. The van der Waals surface area contributed by atoms with E-state index in [2.05, 4.69) is 0 Å². The lowest BCUT2D eigenvalue weighted by Gasteiger charge is -2.26. The van der Waals surface area contributed by atoms with Crippen LogP contribution in [0.15, 0.2) is 72.8 Å². The maximum Gasteiger partial charge on any atom is 0.416 e. The first-order valence-corrected chi connectivity index (χ1v) is 12.1. The van der Waals surface area contributed by atoms with Crippen molar-refractivity contribution in [3.63, 3.8) is 0 Å². The summed E-state index contributed by atoms with van der Waals surface area (Å²) in [6, 6.07) is 17.5. The summed E-state index contributed by atoms with van der Waals surface area (Å²) in [7, 11) is -2.45. The molecule has 0 aliphatic carbocycles. The number of hydrogen-bond acceptors (Lipinski definition) is 4. The van der Waals surface area contributed by atoms with Gasteiger partial charge >= 0.3 is 6.18 Å². The van der Waals surface area contributed by atoms with Gasteiger partial charge in [-0.15, -0.1) is 0 Å². The molecule has 1 aliphatic rings. The van der Waals surface area contributed by atoms with Crippen molar-refractivity contribution < 1.29 is 31.1 Å². The highest BCUT2D eigenvalue weighted by Crippen LogP contribution is 2.42. The van der Waals surface area contributed by atoms with Crippen LogP contribution in [0, 0.1) is 5.92 Å². The van der Waals surface area contributed by atoms with Crippen LogP contribution in [-0.2, 0) is 21.3 Å². The summed E-state index contributed by atoms with van der Waals surface area (Å²) < 4.78 is 67.7. The van der Waals surface area contributed by atoms with Crippen LogP contribution in [0.3, 0.4) is 0 Å². The molecule has 3 aromatic rings. The van der Waals surface area contributed by atoms with Crippen LogP contribution in [0.1, 0.15) is 37.4 Å². The van der Waals surface area contributed by atoms with E-state index in [1.165, 1.54) is 17.0 Å². The maximum atomic E-state index is 13.3. The van der Waals surface area contributed by atoms with Gasteiger partial charge in [-0.05, 0) is 79.1 Å². The van der Waals surface area contributed by atoms with Crippen molar-refractivity contribution in [3.8, 4) is 11.5 Å². The lowest BCUT2D eigenvalue weighted by Crippen LogP contribution is -2.29. The maximum absolute atomic E-state index is 13.3. The van der Waals surface area contributed by atoms with E-state index in [0.29, 0.717) is 27.8 Å². The van der Waals surface area contributed by atoms with Gasteiger partial charge in [0, 0.05) is 22.0 Å². The molecule has 3 aromatic carbocycles. The average Bonchev–Trinajstić information content (AvgIpc) is 3.15. The number of ether oxygens (including phenoxy) is 1. The molecule has 0 unspecified atom stereocenters. The van der Waals surface area contributed by atoms with Gasteiger partial charge < -0.3 is 9.64 Å². The third-order valence-corrected chi connectivity index (χ3v) is 6.40. The Morgan fingerprint density at radius 1 is 1.00 bits per heavy atom. The Morgan fingerprint density at radius 3 is 2.19 bits per heavy atom. The Bertz CT molecular complexity index is 1350. The van der Waals surface area contributed by atoms with Crippen molar-refractivity contribution in [3.05, 3.63) is 88.9 Å². The number of carbonyl (C=O) groups is 1. The van der Waals surface area contributed by atoms with Crippen LogP contribution >= 0.6 is 11.6 Å². The smallest absolute Gasteiger partial charge is 0.416 e. The van der Waals surface area contributed by atoms with Crippen molar-refractivity contribution in [1.82, 2.24) is 0 Å². The quantitative estimate of drug-likeness (QED) is 0.319. The molecule has 0 radical (unpaired) electrons. The second-order valence-electron chi connectivity index (χ2n) is 7.99. The minimum absolute atomic E-state index is 0. The molecule has 36 heavy (non-hydrogen) atoms. The molecule has 1 aliphatic heterocycles. The van der Waals surface area contributed by atoms with E-state index in [1.807, 2.05) is 0 Å². The van der Waals surface area contributed by atoms with E-state index >= 15 is 0 Å². The number of anilines is 1. The average molecular weight is 538 g/mol. The molecule has 0 N–H and O–H groups in total. The van der Waals surface area contributed by atoms with Gasteiger partial charge in [0.25, 0.3) is 0 Å². The molecule has 2 atom stereocenters. The summed E-state index contributed by atoms with van der Waals surface area (Å²) in [5, 5.41) is 1.56. The number of nitrogens with zero attached hydrogens (tertiary/aromatic N) is 1. The topological polar surface area (TPSA) is 63.7 Å². The highest BCUT2D eigenvalue weighted by atomic mass is 35.5. The van der Waals surface area contributed by atoms with Gasteiger partial charge in [-0.1, -0.05) is 31.2 Å². The van der Waals surface area contributed by atoms with Crippen molar-refractivity contribution in [1.29, 1.82) is 0 Å². The number of halogens is 4. The van der Waals surface area contributed by atoms with Crippen LogP contribution in [0.25, 0.3) is 0 Å². The Hall–Kier alpha value is -3.30. The van der Waals surface area contributed by atoms with Gasteiger partial charge in [0.05, 0.1) is 11.6 Å². The van der Waals surface area contributed by atoms with E-state index in [9.17, 15) is 26.4 Å². The van der Waals surface area contributed by atoms with Crippen LogP contribution in [0.5, 0.6) is 11.5 Å². The van der Waals surface area contributed by atoms with Crippen molar-refractivity contribution in [2.24, 2.45) is 5.92 Å². The molecule has 1 fully saturated rings. The zero-order valence-electron chi connectivity index (χ0n) is 18.1. The molecular weight excluding hydrogens is 515 g/mol. The Balaban J connectivity index is 0.00000361. The molecule has 190 valence electrons. The van der Waals surface area contributed by atoms with Crippen LogP contribution < -0.4 is 9.64 Å². The SMILES string of the molecule is C.O=C1[C@H](CC=S(=O)=O)C[C@H](c2cccc(C(F)(F)F)c2)N1c1ccc(Oc2ccc(Cl)cc2)cc1. The molecule has 0 aromatic heterocycles. The van der Waals surface area contributed by atoms with E-state index in [0.717, 1.165) is 17.5 Å². The largest absolute Gasteiger partial charge is 0.457 e. The molecule has 0 bridgehead atoms.